The monoisotopic (exact) mass is 560 g/mol. The molecule has 0 aliphatic carbocycles. The van der Waals surface area contributed by atoms with Gasteiger partial charge in [0.1, 0.15) is 18.6 Å². The minimum Gasteiger partial charge on any atom is -0.467 e. The molecule has 3 rings (SSSR count). The van der Waals surface area contributed by atoms with Gasteiger partial charge in [0.25, 0.3) is 0 Å². The molecule has 3 aromatic rings. The van der Waals surface area contributed by atoms with Crippen LogP contribution in [0.3, 0.4) is 0 Å². The van der Waals surface area contributed by atoms with Gasteiger partial charge in [-0.25, -0.2) is 4.79 Å². The molecule has 0 aliphatic rings. The SMILES string of the molecule is COC(=O)[C@H](C)Nc1ccccc1C(=O)[C@H](Cc1ccccc1)NC(=O)C(CC(N)N)C(=O)OCc1ccccc1. The number of Topliss-reactive ketones (excluding diaryl/α,β-unsaturated/α-hetero) is 1. The van der Waals surface area contributed by atoms with Gasteiger partial charge in [-0.05, 0) is 36.6 Å². The van der Waals surface area contributed by atoms with Crippen molar-refractivity contribution in [3.63, 3.8) is 0 Å². The normalized spacial score (nSPS) is 13.0. The molecule has 3 aromatic carbocycles. The van der Waals surface area contributed by atoms with Crippen molar-refractivity contribution in [3.8, 4) is 0 Å². The predicted octanol–water partition coefficient (Wildman–Crippen LogP) is 2.56. The number of carbonyl (C=O) groups is 4. The predicted molar refractivity (Wildman–Crippen MR) is 154 cm³/mol. The molecule has 6 N–H and O–H groups in total. The summed E-state index contributed by atoms with van der Waals surface area (Å²) in [6, 6.07) is 23.0. The molecule has 216 valence electrons. The molecule has 0 heterocycles. The maximum Gasteiger partial charge on any atom is 0.327 e. The van der Waals surface area contributed by atoms with E-state index >= 15 is 0 Å². The van der Waals surface area contributed by atoms with Gasteiger partial charge in [0, 0.05) is 17.7 Å². The van der Waals surface area contributed by atoms with Crippen molar-refractivity contribution < 1.29 is 28.7 Å². The Bertz CT molecular complexity index is 1320. The third kappa shape index (κ3) is 9.26. The lowest BCUT2D eigenvalue weighted by atomic mass is 9.94. The second kappa shape index (κ2) is 15.3. The van der Waals surface area contributed by atoms with Gasteiger partial charge in [-0.15, -0.1) is 0 Å². The van der Waals surface area contributed by atoms with Crippen LogP contribution in [0.2, 0.25) is 0 Å². The summed E-state index contributed by atoms with van der Waals surface area (Å²) < 4.78 is 10.2. The number of nitrogens with two attached hydrogens (primary N) is 2. The molecule has 41 heavy (non-hydrogen) atoms. The summed E-state index contributed by atoms with van der Waals surface area (Å²) in [5, 5.41) is 5.74. The summed E-state index contributed by atoms with van der Waals surface area (Å²) in [7, 11) is 1.28. The molecule has 0 spiro atoms. The third-order valence-electron chi connectivity index (χ3n) is 6.37. The highest BCUT2D eigenvalue weighted by Gasteiger charge is 2.33. The molecule has 10 heteroatoms. The highest BCUT2D eigenvalue weighted by molar-refractivity contribution is 6.07. The molecule has 1 unspecified atom stereocenters. The third-order valence-corrected chi connectivity index (χ3v) is 6.37. The van der Waals surface area contributed by atoms with E-state index in [0.717, 1.165) is 11.1 Å². The number of anilines is 1. The summed E-state index contributed by atoms with van der Waals surface area (Å²) in [5.41, 5.74) is 13.7. The van der Waals surface area contributed by atoms with Gasteiger partial charge in [0.15, 0.2) is 5.78 Å². The Kier molecular flexibility index (Phi) is 11.6. The number of esters is 2. The van der Waals surface area contributed by atoms with Crippen LogP contribution in [-0.2, 0) is 36.9 Å². The van der Waals surface area contributed by atoms with Crippen molar-refractivity contribution in [2.45, 2.75) is 44.6 Å². The van der Waals surface area contributed by atoms with Crippen molar-refractivity contribution in [2.24, 2.45) is 17.4 Å². The Hall–Kier alpha value is -4.54. The highest BCUT2D eigenvalue weighted by atomic mass is 16.5. The molecular formula is C31H36N4O6. The number of hydrogen-bond acceptors (Lipinski definition) is 9. The fourth-order valence-electron chi connectivity index (χ4n) is 4.22. The minimum absolute atomic E-state index is 0.0347. The molecule has 0 bridgehead atoms. The van der Waals surface area contributed by atoms with Gasteiger partial charge in [-0.2, -0.15) is 0 Å². The van der Waals surface area contributed by atoms with E-state index in [1.54, 1.807) is 43.3 Å². The maximum atomic E-state index is 13.9. The minimum atomic E-state index is -1.34. The van der Waals surface area contributed by atoms with Crippen molar-refractivity contribution in [3.05, 3.63) is 102 Å². The van der Waals surface area contributed by atoms with Crippen molar-refractivity contribution in [2.75, 3.05) is 12.4 Å². The van der Waals surface area contributed by atoms with E-state index in [1.165, 1.54) is 7.11 Å². The van der Waals surface area contributed by atoms with Gasteiger partial charge >= 0.3 is 11.9 Å². The number of ketones is 1. The number of benzene rings is 3. The molecule has 0 radical (unpaired) electrons. The average Bonchev–Trinajstić information content (AvgIpc) is 2.98. The lowest BCUT2D eigenvalue weighted by Crippen LogP contribution is -2.49. The van der Waals surface area contributed by atoms with E-state index in [-0.39, 0.29) is 25.0 Å². The molecule has 0 fully saturated rings. The highest BCUT2D eigenvalue weighted by Crippen LogP contribution is 2.21. The Labute approximate surface area is 239 Å². The van der Waals surface area contributed by atoms with Crippen molar-refractivity contribution in [1.29, 1.82) is 0 Å². The first kappa shape index (κ1) is 31.0. The smallest absolute Gasteiger partial charge is 0.327 e. The largest absolute Gasteiger partial charge is 0.467 e. The molecule has 0 aliphatic heterocycles. The Morgan fingerprint density at radius 3 is 2.00 bits per heavy atom. The van der Waals surface area contributed by atoms with Crippen molar-refractivity contribution in [1.82, 2.24) is 5.32 Å². The number of hydrogen-bond donors (Lipinski definition) is 4. The van der Waals surface area contributed by atoms with E-state index in [4.69, 9.17) is 20.9 Å². The van der Waals surface area contributed by atoms with Gasteiger partial charge < -0.3 is 31.6 Å². The number of rotatable bonds is 14. The average molecular weight is 561 g/mol. The van der Waals surface area contributed by atoms with Crippen LogP contribution in [0.15, 0.2) is 84.9 Å². The first-order valence-electron chi connectivity index (χ1n) is 13.2. The quantitative estimate of drug-likeness (QED) is 0.100. The summed E-state index contributed by atoms with van der Waals surface area (Å²) in [5.74, 6) is -3.79. The van der Waals surface area contributed by atoms with Gasteiger partial charge in [-0.1, -0.05) is 72.8 Å². The molecular weight excluding hydrogens is 524 g/mol. The van der Waals surface area contributed by atoms with Crippen LogP contribution < -0.4 is 22.1 Å². The summed E-state index contributed by atoms with van der Waals surface area (Å²) >= 11 is 0. The van der Waals surface area contributed by atoms with Crippen LogP contribution in [0.1, 0.15) is 34.8 Å². The van der Waals surface area contributed by atoms with E-state index in [1.807, 2.05) is 48.5 Å². The molecule has 0 saturated carbocycles. The molecule has 0 aromatic heterocycles. The molecule has 1 amide bonds. The van der Waals surface area contributed by atoms with Gasteiger partial charge in [0.2, 0.25) is 5.91 Å². The maximum absolute atomic E-state index is 13.9. The lowest BCUT2D eigenvalue weighted by Gasteiger charge is -2.24. The van der Waals surface area contributed by atoms with Gasteiger partial charge in [-0.3, -0.25) is 14.4 Å². The first-order chi connectivity index (χ1) is 19.7. The Balaban J connectivity index is 1.87. The number of nitrogens with one attached hydrogen (secondary N) is 2. The van der Waals surface area contributed by atoms with Crippen LogP contribution in [0.25, 0.3) is 0 Å². The van der Waals surface area contributed by atoms with E-state index in [0.29, 0.717) is 5.69 Å². The second-order valence-electron chi connectivity index (χ2n) is 9.60. The zero-order valence-corrected chi connectivity index (χ0v) is 23.1. The standard InChI is InChI=1S/C31H36N4O6/c1-20(30(38)40-2)34-25-16-10-9-15-23(25)28(36)26(17-21-11-5-3-6-12-21)35-29(37)24(18-27(32)33)31(39)41-19-22-13-7-4-8-14-22/h3-16,20,24,26-27,34H,17-19,32-33H2,1-2H3,(H,35,37)/t20-,24?,26-/m0/s1. The van der Waals surface area contributed by atoms with E-state index < -0.39 is 47.8 Å². The zero-order valence-electron chi connectivity index (χ0n) is 23.1. The fourth-order valence-corrected chi connectivity index (χ4v) is 4.22. The number of carbonyl (C=O) groups excluding carboxylic acids is 4. The van der Waals surface area contributed by atoms with Crippen LogP contribution >= 0.6 is 0 Å². The van der Waals surface area contributed by atoms with Gasteiger partial charge in [0.05, 0.1) is 19.3 Å². The van der Waals surface area contributed by atoms with Crippen LogP contribution in [0.5, 0.6) is 0 Å². The number of ether oxygens (including phenoxy) is 2. The fraction of sp³-hybridized carbons (Fsp3) is 0.290. The van der Waals surface area contributed by atoms with E-state index in [2.05, 4.69) is 10.6 Å². The number of methoxy groups -OCH3 is 1. The van der Waals surface area contributed by atoms with E-state index in [9.17, 15) is 19.2 Å². The summed E-state index contributed by atoms with van der Waals surface area (Å²) in [4.78, 5) is 52.4. The van der Waals surface area contributed by atoms with Crippen LogP contribution in [0, 0.1) is 5.92 Å². The van der Waals surface area contributed by atoms with Crippen LogP contribution in [-0.4, -0.2) is 49.0 Å². The first-order valence-corrected chi connectivity index (χ1v) is 13.2. The molecule has 0 saturated heterocycles. The number of amides is 1. The second-order valence-corrected chi connectivity index (χ2v) is 9.60. The Morgan fingerprint density at radius 1 is 0.805 bits per heavy atom. The molecule has 10 nitrogen and oxygen atoms in total. The Morgan fingerprint density at radius 2 is 1.39 bits per heavy atom. The number of para-hydroxylation sites is 1. The lowest BCUT2D eigenvalue weighted by molar-refractivity contribution is -0.154. The topological polar surface area (TPSA) is 163 Å². The summed E-state index contributed by atoms with van der Waals surface area (Å²) in [6.07, 6.45) is -1.00. The zero-order chi connectivity index (χ0) is 29.8. The summed E-state index contributed by atoms with van der Waals surface area (Å²) in [6.45, 7) is 1.57. The van der Waals surface area contributed by atoms with Crippen molar-refractivity contribution >= 4 is 29.3 Å². The molecule has 3 atom stereocenters. The van der Waals surface area contributed by atoms with Crippen LogP contribution in [0.4, 0.5) is 5.69 Å².